The lowest BCUT2D eigenvalue weighted by Gasteiger charge is -2.27. The maximum atomic E-state index is 12.6. The van der Waals surface area contributed by atoms with Crippen LogP contribution < -0.4 is 23.9 Å². The number of benzene rings is 2. The summed E-state index contributed by atoms with van der Waals surface area (Å²) >= 11 is 0. The van der Waals surface area contributed by atoms with Gasteiger partial charge in [-0.3, -0.25) is 9.10 Å². The minimum atomic E-state index is -3.74. The molecule has 2 aromatic carbocycles. The van der Waals surface area contributed by atoms with Gasteiger partial charge in [0.2, 0.25) is 10.0 Å². The number of para-hydroxylation sites is 1. The second-order valence-electron chi connectivity index (χ2n) is 6.25. The minimum Gasteiger partial charge on any atom is -0.497 e. The Morgan fingerprint density at radius 2 is 1.73 bits per heavy atom. The van der Waals surface area contributed by atoms with Gasteiger partial charge in [0.15, 0.2) is 11.5 Å². The fourth-order valence-electron chi connectivity index (χ4n) is 2.81. The molecule has 1 N–H and O–H groups in total. The first-order valence-electron chi connectivity index (χ1n) is 8.90. The van der Waals surface area contributed by atoms with Crippen molar-refractivity contribution in [3.8, 4) is 17.2 Å². The zero-order valence-corrected chi connectivity index (χ0v) is 18.3. The highest BCUT2D eigenvalue weighted by atomic mass is 32.2. The maximum absolute atomic E-state index is 12.6. The van der Waals surface area contributed by atoms with Gasteiger partial charge in [-0.1, -0.05) is 6.07 Å². The standard InChI is InChI=1S/C20H25N3O6S/c1-14(23(30(5,25)26)16-9-11-17(27-2)12-10-16)20(24)22-21-13-15-7-6-8-18(28-3)19(15)29-4/h6-14H,1-5H3,(H,22,24)/b21-13-/t14-/m1/s1. The molecule has 9 nitrogen and oxygen atoms in total. The Hall–Kier alpha value is -3.27. The van der Waals surface area contributed by atoms with Gasteiger partial charge >= 0.3 is 0 Å². The predicted octanol–water partition coefficient (Wildman–Crippen LogP) is 2.02. The summed E-state index contributed by atoms with van der Waals surface area (Å²) in [6.07, 6.45) is 2.43. The van der Waals surface area contributed by atoms with Crippen LogP contribution in [0.1, 0.15) is 12.5 Å². The number of rotatable bonds is 9. The van der Waals surface area contributed by atoms with E-state index in [9.17, 15) is 13.2 Å². The molecule has 1 atom stereocenters. The molecular formula is C20H25N3O6S. The molecule has 2 aromatic rings. The van der Waals surface area contributed by atoms with Gasteiger partial charge in [0, 0.05) is 5.56 Å². The highest BCUT2D eigenvalue weighted by Gasteiger charge is 2.29. The van der Waals surface area contributed by atoms with E-state index in [1.165, 1.54) is 34.5 Å². The van der Waals surface area contributed by atoms with Crippen molar-refractivity contribution in [1.82, 2.24) is 5.43 Å². The van der Waals surface area contributed by atoms with Gasteiger partial charge in [-0.25, -0.2) is 13.8 Å². The molecule has 10 heteroatoms. The Balaban J connectivity index is 2.21. The molecule has 0 aliphatic heterocycles. The van der Waals surface area contributed by atoms with Crippen molar-refractivity contribution in [2.45, 2.75) is 13.0 Å². The highest BCUT2D eigenvalue weighted by molar-refractivity contribution is 7.92. The summed E-state index contributed by atoms with van der Waals surface area (Å²) in [5, 5.41) is 3.93. The predicted molar refractivity (Wildman–Crippen MR) is 115 cm³/mol. The van der Waals surface area contributed by atoms with Crippen molar-refractivity contribution in [2.24, 2.45) is 5.10 Å². The molecule has 0 aromatic heterocycles. The zero-order valence-electron chi connectivity index (χ0n) is 17.4. The number of hydrogen-bond acceptors (Lipinski definition) is 7. The third-order valence-corrected chi connectivity index (χ3v) is 5.47. The first-order chi connectivity index (χ1) is 14.2. The largest absolute Gasteiger partial charge is 0.497 e. The van der Waals surface area contributed by atoms with Gasteiger partial charge in [-0.05, 0) is 43.3 Å². The molecule has 0 unspecified atom stereocenters. The SMILES string of the molecule is COc1ccc(N([C@H](C)C(=O)N/N=C\c2cccc(OC)c2OC)S(C)(=O)=O)cc1. The van der Waals surface area contributed by atoms with Crippen LogP contribution in [0.3, 0.4) is 0 Å². The Morgan fingerprint density at radius 3 is 2.27 bits per heavy atom. The summed E-state index contributed by atoms with van der Waals surface area (Å²) in [5.41, 5.74) is 3.28. The normalized spacial score (nSPS) is 12.3. The first kappa shape index (κ1) is 23.0. The smallest absolute Gasteiger partial charge is 0.263 e. The quantitative estimate of drug-likeness (QED) is 0.477. The van der Waals surface area contributed by atoms with E-state index in [0.29, 0.717) is 28.5 Å². The maximum Gasteiger partial charge on any atom is 0.263 e. The number of carbonyl (C=O) groups excluding carboxylic acids is 1. The van der Waals surface area contributed by atoms with Gasteiger partial charge in [0.05, 0.1) is 39.5 Å². The molecule has 0 aliphatic carbocycles. The summed E-state index contributed by atoms with van der Waals surface area (Å²) in [6, 6.07) is 10.5. The van der Waals surface area contributed by atoms with Crippen molar-refractivity contribution >= 4 is 27.8 Å². The van der Waals surface area contributed by atoms with Crippen molar-refractivity contribution in [3.05, 3.63) is 48.0 Å². The third-order valence-electron chi connectivity index (χ3n) is 4.23. The van der Waals surface area contributed by atoms with E-state index in [-0.39, 0.29) is 0 Å². The summed E-state index contributed by atoms with van der Waals surface area (Å²) < 4.78 is 41.3. The third kappa shape index (κ3) is 5.41. The molecule has 0 radical (unpaired) electrons. The molecule has 0 heterocycles. The molecule has 1 amide bonds. The Labute approximate surface area is 176 Å². The molecule has 0 aliphatic rings. The Morgan fingerprint density at radius 1 is 1.07 bits per heavy atom. The lowest BCUT2D eigenvalue weighted by Crippen LogP contribution is -2.46. The number of methoxy groups -OCH3 is 3. The fourth-order valence-corrected chi connectivity index (χ4v) is 3.99. The molecule has 0 fully saturated rings. The van der Waals surface area contributed by atoms with E-state index in [0.717, 1.165) is 10.6 Å². The van der Waals surface area contributed by atoms with Crippen LogP contribution in [0.25, 0.3) is 0 Å². The van der Waals surface area contributed by atoms with Crippen molar-refractivity contribution in [2.75, 3.05) is 31.9 Å². The summed E-state index contributed by atoms with van der Waals surface area (Å²) in [6.45, 7) is 1.47. The van der Waals surface area contributed by atoms with Crippen LogP contribution in [0.4, 0.5) is 5.69 Å². The molecule has 0 saturated carbocycles. The topological polar surface area (TPSA) is 107 Å². The van der Waals surface area contributed by atoms with E-state index >= 15 is 0 Å². The average Bonchev–Trinajstić information content (AvgIpc) is 2.72. The molecule has 0 spiro atoms. The lowest BCUT2D eigenvalue weighted by molar-refractivity contribution is -0.121. The minimum absolute atomic E-state index is 0.333. The van der Waals surface area contributed by atoms with Gasteiger partial charge in [0.25, 0.3) is 5.91 Å². The van der Waals surface area contributed by atoms with Crippen LogP contribution in [0.15, 0.2) is 47.6 Å². The van der Waals surface area contributed by atoms with E-state index in [4.69, 9.17) is 14.2 Å². The van der Waals surface area contributed by atoms with E-state index in [1.54, 1.807) is 42.5 Å². The van der Waals surface area contributed by atoms with Crippen LogP contribution in [0.5, 0.6) is 17.2 Å². The highest BCUT2D eigenvalue weighted by Crippen LogP contribution is 2.29. The van der Waals surface area contributed by atoms with Crippen LogP contribution in [-0.4, -0.2) is 54.2 Å². The van der Waals surface area contributed by atoms with E-state index in [1.807, 2.05) is 0 Å². The molecule has 2 rings (SSSR count). The summed E-state index contributed by atoms with van der Waals surface area (Å²) in [5.74, 6) is 0.946. The van der Waals surface area contributed by atoms with Crippen LogP contribution in [-0.2, 0) is 14.8 Å². The summed E-state index contributed by atoms with van der Waals surface area (Å²) in [7, 11) is 0.783. The number of hydrogen-bond donors (Lipinski definition) is 1. The van der Waals surface area contributed by atoms with Gasteiger partial charge < -0.3 is 14.2 Å². The van der Waals surface area contributed by atoms with Crippen molar-refractivity contribution in [1.29, 1.82) is 0 Å². The van der Waals surface area contributed by atoms with Crippen LogP contribution in [0, 0.1) is 0 Å². The zero-order chi connectivity index (χ0) is 22.3. The van der Waals surface area contributed by atoms with Crippen molar-refractivity contribution < 1.29 is 27.4 Å². The van der Waals surface area contributed by atoms with E-state index < -0.39 is 22.0 Å². The fraction of sp³-hybridized carbons (Fsp3) is 0.300. The molecule has 162 valence electrons. The second kappa shape index (κ2) is 9.97. The Kier molecular flexibility index (Phi) is 7.65. The number of nitrogens with one attached hydrogen (secondary N) is 1. The number of anilines is 1. The average molecular weight is 436 g/mol. The van der Waals surface area contributed by atoms with Crippen LogP contribution >= 0.6 is 0 Å². The Bertz CT molecular complexity index is 1010. The number of sulfonamides is 1. The number of nitrogens with zero attached hydrogens (tertiary/aromatic N) is 2. The van der Waals surface area contributed by atoms with Gasteiger partial charge in [-0.15, -0.1) is 0 Å². The molecule has 0 saturated heterocycles. The number of amides is 1. The van der Waals surface area contributed by atoms with Gasteiger partial charge in [0.1, 0.15) is 11.8 Å². The molecule has 0 bridgehead atoms. The first-order valence-corrected chi connectivity index (χ1v) is 10.7. The molecule has 30 heavy (non-hydrogen) atoms. The van der Waals surface area contributed by atoms with Gasteiger partial charge in [-0.2, -0.15) is 5.10 Å². The summed E-state index contributed by atoms with van der Waals surface area (Å²) in [4.78, 5) is 12.6. The van der Waals surface area contributed by atoms with Crippen LogP contribution in [0.2, 0.25) is 0 Å². The number of hydrazone groups is 1. The monoisotopic (exact) mass is 435 g/mol. The molecular weight excluding hydrogens is 410 g/mol. The second-order valence-corrected chi connectivity index (χ2v) is 8.11. The van der Waals surface area contributed by atoms with E-state index in [2.05, 4.69) is 10.5 Å². The number of ether oxygens (including phenoxy) is 3. The number of carbonyl (C=O) groups is 1. The lowest BCUT2D eigenvalue weighted by atomic mass is 10.2. The van der Waals surface area contributed by atoms with Crippen molar-refractivity contribution in [3.63, 3.8) is 0 Å².